The minimum atomic E-state index is 0.422. The Morgan fingerprint density at radius 1 is 1.50 bits per heavy atom. The van der Waals surface area contributed by atoms with Crippen LogP contribution in [0.1, 0.15) is 29.0 Å². The molecule has 4 nitrogen and oxygen atoms in total. The van der Waals surface area contributed by atoms with Crippen LogP contribution in [-0.2, 0) is 24.4 Å². The third-order valence-corrected chi connectivity index (χ3v) is 4.71. The van der Waals surface area contributed by atoms with Crippen LogP contribution in [0, 0.1) is 0 Å². The molecule has 1 aliphatic rings. The van der Waals surface area contributed by atoms with Crippen LogP contribution in [0.25, 0.3) is 0 Å². The van der Waals surface area contributed by atoms with Gasteiger partial charge in [0.25, 0.3) is 0 Å². The Morgan fingerprint density at radius 2 is 2.40 bits per heavy atom. The molecular weight excluding hydrogens is 270 g/mol. The van der Waals surface area contributed by atoms with E-state index in [0.717, 1.165) is 32.8 Å². The van der Waals surface area contributed by atoms with Gasteiger partial charge in [0.1, 0.15) is 0 Å². The van der Waals surface area contributed by atoms with Gasteiger partial charge in [0, 0.05) is 55.3 Å². The van der Waals surface area contributed by atoms with Gasteiger partial charge in [-0.15, -0.1) is 11.3 Å². The Balaban J connectivity index is 1.81. The van der Waals surface area contributed by atoms with E-state index in [1.54, 1.807) is 7.11 Å². The van der Waals surface area contributed by atoms with Crippen LogP contribution in [0.4, 0.5) is 0 Å². The van der Waals surface area contributed by atoms with Gasteiger partial charge in [-0.25, -0.2) is 0 Å². The highest BCUT2D eigenvalue weighted by Gasteiger charge is 2.29. The van der Waals surface area contributed by atoms with E-state index in [0.29, 0.717) is 5.92 Å². The summed E-state index contributed by atoms with van der Waals surface area (Å²) in [5, 5.41) is 6.66. The molecule has 0 saturated carbocycles. The first-order chi connectivity index (χ1) is 9.81. The predicted molar refractivity (Wildman–Crippen MR) is 81.0 cm³/mol. The molecule has 0 radical (unpaired) electrons. The summed E-state index contributed by atoms with van der Waals surface area (Å²) in [6.45, 7) is 6.90. The number of aromatic nitrogens is 2. The lowest BCUT2D eigenvalue weighted by Gasteiger charge is -2.32. The van der Waals surface area contributed by atoms with Crippen LogP contribution in [0.5, 0.6) is 0 Å². The van der Waals surface area contributed by atoms with E-state index in [1.807, 2.05) is 17.5 Å². The van der Waals surface area contributed by atoms with Crippen LogP contribution in [0.15, 0.2) is 23.7 Å². The van der Waals surface area contributed by atoms with Crippen molar-refractivity contribution in [2.75, 3.05) is 20.3 Å². The SMILES string of the molecule is CCn1ncc2c1[C@@H](COC)CN(Cc1cccs1)C2. The van der Waals surface area contributed by atoms with Crippen molar-refractivity contribution in [3.63, 3.8) is 0 Å². The lowest BCUT2D eigenvalue weighted by molar-refractivity contribution is 0.132. The summed E-state index contributed by atoms with van der Waals surface area (Å²) >= 11 is 1.83. The van der Waals surface area contributed by atoms with E-state index >= 15 is 0 Å². The number of thiophene rings is 1. The molecule has 1 aliphatic heterocycles. The molecule has 0 amide bonds. The number of hydrogen-bond donors (Lipinski definition) is 0. The van der Waals surface area contributed by atoms with Gasteiger partial charge in [-0.2, -0.15) is 5.10 Å². The van der Waals surface area contributed by atoms with Gasteiger partial charge in [0.05, 0.1) is 12.8 Å². The fourth-order valence-electron chi connectivity index (χ4n) is 3.06. The standard InChI is InChI=1S/C15H21N3OS/c1-3-18-15-12(7-16-18)8-17(9-13(15)11-19-2)10-14-5-4-6-20-14/h4-7,13H,3,8-11H2,1-2H3/t13-/m1/s1. The maximum atomic E-state index is 5.43. The number of rotatable bonds is 5. The van der Waals surface area contributed by atoms with Crippen LogP contribution in [0.3, 0.4) is 0 Å². The second-order valence-corrected chi connectivity index (χ2v) is 6.30. The molecule has 0 N–H and O–H groups in total. The van der Waals surface area contributed by atoms with E-state index in [-0.39, 0.29) is 0 Å². The zero-order valence-electron chi connectivity index (χ0n) is 12.1. The second-order valence-electron chi connectivity index (χ2n) is 5.27. The van der Waals surface area contributed by atoms with Gasteiger partial charge in [-0.05, 0) is 18.4 Å². The molecule has 3 rings (SSSR count). The van der Waals surface area contributed by atoms with Crippen molar-refractivity contribution in [3.05, 3.63) is 39.8 Å². The van der Waals surface area contributed by atoms with E-state index in [1.165, 1.54) is 16.1 Å². The molecule has 0 aliphatic carbocycles. The largest absolute Gasteiger partial charge is 0.384 e. The van der Waals surface area contributed by atoms with Crippen LogP contribution >= 0.6 is 11.3 Å². The summed E-state index contributed by atoms with van der Waals surface area (Å²) in [5.74, 6) is 0.422. The Hall–Kier alpha value is -1.17. The van der Waals surface area contributed by atoms with E-state index in [4.69, 9.17) is 4.74 Å². The Labute approximate surface area is 124 Å². The molecule has 0 saturated heterocycles. The number of ether oxygens (including phenoxy) is 1. The van der Waals surface area contributed by atoms with Crippen molar-refractivity contribution in [1.82, 2.24) is 14.7 Å². The Morgan fingerprint density at radius 3 is 3.10 bits per heavy atom. The van der Waals surface area contributed by atoms with Gasteiger partial charge in [0.2, 0.25) is 0 Å². The zero-order valence-corrected chi connectivity index (χ0v) is 12.9. The summed E-state index contributed by atoms with van der Waals surface area (Å²) in [6, 6.07) is 4.33. The molecule has 2 aromatic heterocycles. The van der Waals surface area contributed by atoms with Crippen molar-refractivity contribution in [3.8, 4) is 0 Å². The molecule has 0 aromatic carbocycles. The van der Waals surface area contributed by atoms with Gasteiger partial charge in [-0.1, -0.05) is 6.07 Å². The lowest BCUT2D eigenvalue weighted by Crippen LogP contribution is -2.35. The first-order valence-electron chi connectivity index (χ1n) is 7.10. The summed E-state index contributed by atoms with van der Waals surface area (Å²) in [7, 11) is 1.78. The minimum Gasteiger partial charge on any atom is -0.384 e. The number of aryl methyl sites for hydroxylation is 1. The molecule has 5 heteroatoms. The second kappa shape index (κ2) is 6.08. The van der Waals surface area contributed by atoms with Crippen molar-refractivity contribution in [2.24, 2.45) is 0 Å². The van der Waals surface area contributed by atoms with Crippen molar-refractivity contribution >= 4 is 11.3 Å². The quantitative estimate of drug-likeness (QED) is 0.848. The molecule has 2 aromatic rings. The van der Waals surface area contributed by atoms with Gasteiger partial charge < -0.3 is 4.74 Å². The maximum Gasteiger partial charge on any atom is 0.0558 e. The fourth-order valence-corrected chi connectivity index (χ4v) is 3.81. The first-order valence-corrected chi connectivity index (χ1v) is 7.98. The van der Waals surface area contributed by atoms with Crippen LogP contribution in [-0.4, -0.2) is 34.9 Å². The maximum absolute atomic E-state index is 5.43. The normalized spacial score (nSPS) is 19.2. The molecule has 1 atom stereocenters. The molecule has 0 bridgehead atoms. The monoisotopic (exact) mass is 291 g/mol. The number of nitrogens with zero attached hydrogens (tertiary/aromatic N) is 3. The fraction of sp³-hybridized carbons (Fsp3) is 0.533. The van der Waals surface area contributed by atoms with Gasteiger partial charge in [-0.3, -0.25) is 9.58 Å². The lowest BCUT2D eigenvalue weighted by atomic mass is 9.97. The highest BCUT2D eigenvalue weighted by atomic mass is 32.1. The van der Waals surface area contributed by atoms with E-state index < -0.39 is 0 Å². The summed E-state index contributed by atoms with van der Waals surface area (Å²) in [4.78, 5) is 3.92. The van der Waals surface area contributed by atoms with Crippen molar-refractivity contribution in [1.29, 1.82) is 0 Å². The third kappa shape index (κ3) is 2.66. The minimum absolute atomic E-state index is 0.422. The highest BCUT2D eigenvalue weighted by Crippen LogP contribution is 2.30. The third-order valence-electron chi connectivity index (χ3n) is 3.85. The predicted octanol–water partition coefficient (Wildman–Crippen LogP) is 2.71. The van der Waals surface area contributed by atoms with E-state index in [2.05, 4.69) is 39.1 Å². The molecule has 108 valence electrons. The number of methoxy groups -OCH3 is 1. The van der Waals surface area contributed by atoms with Crippen LogP contribution in [0.2, 0.25) is 0 Å². The molecular formula is C15H21N3OS. The highest BCUT2D eigenvalue weighted by molar-refractivity contribution is 7.09. The van der Waals surface area contributed by atoms with Crippen molar-refractivity contribution in [2.45, 2.75) is 32.5 Å². The Kier molecular flexibility index (Phi) is 4.19. The molecule has 0 fully saturated rings. The summed E-state index contributed by atoms with van der Waals surface area (Å²) < 4.78 is 7.55. The first kappa shape index (κ1) is 13.8. The number of fused-ring (bicyclic) bond motifs is 1. The van der Waals surface area contributed by atoms with E-state index in [9.17, 15) is 0 Å². The average Bonchev–Trinajstić information content (AvgIpc) is 3.08. The molecule has 20 heavy (non-hydrogen) atoms. The zero-order chi connectivity index (χ0) is 13.9. The van der Waals surface area contributed by atoms with Crippen molar-refractivity contribution < 1.29 is 4.74 Å². The average molecular weight is 291 g/mol. The molecule has 3 heterocycles. The van der Waals surface area contributed by atoms with Crippen LogP contribution < -0.4 is 0 Å². The Bertz CT molecular complexity index is 549. The van der Waals surface area contributed by atoms with Gasteiger partial charge in [0.15, 0.2) is 0 Å². The van der Waals surface area contributed by atoms with Gasteiger partial charge >= 0.3 is 0 Å². The molecule has 0 unspecified atom stereocenters. The molecule has 0 spiro atoms. The summed E-state index contributed by atoms with van der Waals surface area (Å²) in [5.41, 5.74) is 2.73. The smallest absolute Gasteiger partial charge is 0.0558 e. The summed E-state index contributed by atoms with van der Waals surface area (Å²) in [6.07, 6.45) is 2.03. The number of hydrogen-bond acceptors (Lipinski definition) is 4. The topological polar surface area (TPSA) is 30.3 Å².